The van der Waals surface area contributed by atoms with E-state index in [1.54, 1.807) is 24.3 Å². The molecule has 0 saturated carbocycles. The van der Waals surface area contributed by atoms with Crippen molar-refractivity contribution in [2.24, 2.45) is 0 Å². The van der Waals surface area contributed by atoms with Gasteiger partial charge in [0.15, 0.2) is 5.78 Å². The fourth-order valence-electron chi connectivity index (χ4n) is 1.42. The maximum Gasteiger partial charge on any atom is 0.411 e. The zero-order chi connectivity index (χ0) is 13.5. The van der Waals surface area contributed by atoms with Crippen LogP contribution in [-0.2, 0) is 4.74 Å². The van der Waals surface area contributed by atoms with Crippen LogP contribution in [0.4, 0.5) is 10.5 Å². The second-order valence-electron chi connectivity index (χ2n) is 3.53. The normalized spacial score (nSPS) is 10.1. The zero-order valence-electron chi connectivity index (χ0n) is 9.93. The highest BCUT2D eigenvalue weighted by Gasteiger charge is 2.14. The first kappa shape index (κ1) is 14.7. The summed E-state index contributed by atoms with van der Waals surface area (Å²) in [6, 6.07) is 6.45. The van der Waals surface area contributed by atoms with E-state index in [1.165, 1.54) is 12.0 Å². The number of nitrogens with zero attached hydrogens (tertiary/aromatic N) is 1. The van der Waals surface area contributed by atoms with Gasteiger partial charge >= 0.3 is 6.09 Å². The molecule has 0 bridgehead atoms. The Morgan fingerprint density at radius 1 is 1.33 bits per heavy atom. The van der Waals surface area contributed by atoms with Gasteiger partial charge in [0, 0.05) is 18.4 Å². The van der Waals surface area contributed by atoms with Crippen LogP contribution in [-0.4, -0.2) is 42.6 Å². The molecule has 1 aromatic rings. The molecular formula is C12H14BrNO4. The molecule has 1 aromatic carbocycles. The van der Waals surface area contributed by atoms with Gasteiger partial charge in [-0.05, 0) is 24.3 Å². The minimum Gasteiger partial charge on any atom is -0.465 e. The molecule has 0 saturated heterocycles. The number of amides is 1. The van der Waals surface area contributed by atoms with E-state index in [1.807, 2.05) is 0 Å². The lowest BCUT2D eigenvalue weighted by Crippen LogP contribution is -2.32. The van der Waals surface area contributed by atoms with Crippen LogP contribution in [0.1, 0.15) is 10.4 Å². The summed E-state index contributed by atoms with van der Waals surface area (Å²) >= 11 is 3.09. The van der Waals surface area contributed by atoms with Crippen LogP contribution in [0.15, 0.2) is 24.3 Å². The van der Waals surface area contributed by atoms with Crippen molar-refractivity contribution in [1.82, 2.24) is 0 Å². The number of alkyl halides is 1. The number of carbonyl (C=O) groups is 2. The van der Waals surface area contributed by atoms with E-state index in [0.29, 0.717) is 17.9 Å². The molecule has 0 fully saturated rings. The Morgan fingerprint density at radius 2 is 1.94 bits per heavy atom. The molecule has 0 unspecified atom stereocenters. The summed E-state index contributed by atoms with van der Waals surface area (Å²) in [6.45, 7) is 0.561. The van der Waals surface area contributed by atoms with Gasteiger partial charge in [-0.2, -0.15) is 0 Å². The number of carbonyl (C=O) groups excluding carboxylic acids is 1. The highest BCUT2D eigenvalue weighted by molar-refractivity contribution is 9.09. The maximum atomic E-state index is 11.4. The third kappa shape index (κ3) is 3.82. The lowest BCUT2D eigenvalue weighted by Gasteiger charge is -2.18. The molecule has 0 aliphatic carbocycles. The average molecular weight is 316 g/mol. The smallest absolute Gasteiger partial charge is 0.411 e. The highest BCUT2D eigenvalue weighted by atomic mass is 79.9. The third-order valence-corrected chi connectivity index (χ3v) is 2.88. The Balaban J connectivity index is 2.86. The van der Waals surface area contributed by atoms with Crippen molar-refractivity contribution in [2.75, 3.05) is 30.5 Å². The maximum absolute atomic E-state index is 11.4. The highest BCUT2D eigenvalue weighted by Crippen LogP contribution is 2.16. The number of rotatable bonds is 6. The Labute approximate surface area is 113 Å². The molecule has 0 heterocycles. The van der Waals surface area contributed by atoms with E-state index in [9.17, 15) is 9.59 Å². The number of carboxylic acid groups (broad SMARTS) is 1. The first-order valence-electron chi connectivity index (χ1n) is 5.28. The van der Waals surface area contributed by atoms with Crippen molar-refractivity contribution >= 4 is 33.5 Å². The standard InChI is InChI=1S/C12H14BrNO4/c1-18-7-6-14(12(16)17)10-4-2-9(3-5-10)11(15)8-13/h2-5H,6-8H2,1H3,(H,16,17). The van der Waals surface area contributed by atoms with E-state index in [-0.39, 0.29) is 17.7 Å². The summed E-state index contributed by atoms with van der Waals surface area (Å²) in [5.74, 6) is -0.0414. The van der Waals surface area contributed by atoms with Crippen molar-refractivity contribution in [3.63, 3.8) is 0 Å². The number of methoxy groups -OCH3 is 1. The van der Waals surface area contributed by atoms with Gasteiger partial charge in [-0.25, -0.2) is 4.79 Å². The van der Waals surface area contributed by atoms with Crippen LogP contribution in [0.2, 0.25) is 0 Å². The van der Waals surface area contributed by atoms with Crippen LogP contribution < -0.4 is 4.90 Å². The van der Waals surface area contributed by atoms with E-state index in [2.05, 4.69) is 15.9 Å². The SMILES string of the molecule is COCCN(C(=O)O)c1ccc(C(=O)CBr)cc1. The largest absolute Gasteiger partial charge is 0.465 e. The second kappa shape index (κ2) is 7.13. The third-order valence-electron chi connectivity index (χ3n) is 2.37. The van der Waals surface area contributed by atoms with Gasteiger partial charge in [0.05, 0.1) is 18.5 Å². The number of anilines is 1. The molecule has 98 valence electrons. The first-order chi connectivity index (χ1) is 8.60. The summed E-state index contributed by atoms with van der Waals surface area (Å²) in [5, 5.41) is 9.32. The number of ether oxygens (including phenoxy) is 1. The molecule has 5 nitrogen and oxygen atoms in total. The fourth-order valence-corrected chi connectivity index (χ4v) is 1.75. The van der Waals surface area contributed by atoms with Gasteiger partial charge < -0.3 is 9.84 Å². The number of ketones is 1. The van der Waals surface area contributed by atoms with Crippen LogP contribution in [0.3, 0.4) is 0 Å². The van der Waals surface area contributed by atoms with Crippen molar-refractivity contribution < 1.29 is 19.4 Å². The molecule has 0 aliphatic rings. The Kier molecular flexibility index (Phi) is 5.80. The van der Waals surface area contributed by atoms with Gasteiger partial charge in [0.1, 0.15) is 0 Å². The molecule has 1 amide bonds. The molecule has 1 rings (SSSR count). The predicted molar refractivity (Wildman–Crippen MR) is 71.8 cm³/mol. The van der Waals surface area contributed by atoms with Gasteiger partial charge in [0.2, 0.25) is 0 Å². The van der Waals surface area contributed by atoms with Crippen LogP contribution >= 0.6 is 15.9 Å². The van der Waals surface area contributed by atoms with E-state index >= 15 is 0 Å². The quantitative estimate of drug-likeness (QED) is 0.646. The average Bonchev–Trinajstić information content (AvgIpc) is 2.38. The summed E-state index contributed by atoms with van der Waals surface area (Å²) in [7, 11) is 1.51. The zero-order valence-corrected chi connectivity index (χ0v) is 11.5. The molecule has 0 spiro atoms. The Morgan fingerprint density at radius 3 is 2.39 bits per heavy atom. The molecule has 1 N–H and O–H groups in total. The van der Waals surface area contributed by atoms with E-state index < -0.39 is 6.09 Å². The molecule has 18 heavy (non-hydrogen) atoms. The molecular weight excluding hydrogens is 302 g/mol. The molecule has 0 radical (unpaired) electrons. The first-order valence-corrected chi connectivity index (χ1v) is 6.41. The number of hydrogen-bond acceptors (Lipinski definition) is 3. The van der Waals surface area contributed by atoms with Crippen LogP contribution in [0, 0.1) is 0 Å². The number of benzene rings is 1. The monoisotopic (exact) mass is 315 g/mol. The van der Waals surface area contributed by atoms with Crippen molar-refractivity contribution in [1.29, 1.82) is 0 Å². The number of Topliss-reactive ketones (excluding diaryl/α,β-unsaturated/α-hetero) is 1. The van der Waals surface area contributed by atoms with Crippen molar-refractivity contribution in [3.8, 4) is 0 Å². The van der Waals surface area contributed by atoms with Crippen molar-refractivity contribution in [3.05, 3.63) is 29.8 Å². The van der Waals surface area contributed by atoms with Gasteiger partial charge in [-0.1, -0.05) is 15.9 Å². The van der Waals surface area contributed by atoms with Gasteiger partial charge in [-0.3, -0.25) is 9.69 Å². The minimum atomic E-state index is -1.05. The summed E-state index contributed by atoms with van der Waals surface area (Å²) in [6.07, 6.45) is -1.05. The van der Waals surface area contributed by atoms with E-state index in [0.717, 1.165) is 0 Å². The Bertz CT molecular complexity index is 419. The van der Waals surface area contributed by atoms with Gasteiger partial charge in [0.25, 0.3) is 0 Å². The minimum absolute atomic E-state index is 0.0414. The Hall–Kier alpha value is -1.40. The summed E-state index contributed by atoms with van der Waals surface area (Å²) in [5.41, 5.74) is 1.07. The fraction of sp³-hybridized carbons (Fsp3) is 0.333. The molecule has 6 heteroatoms. The topological polar surface area (TPSA) is 66.8 Å². The van der Waals surface area contributed by atoms with Crippen molar-refractivity contribution in [2.45, 2.75) is 0 Å². The van der Waals surface area contributed by atoms with Gasteiger partial charge in [-0.15, -0.1) is 0 Å². The van der Waals surface area contributed by atoms with E-state index in [4.69, 9.17) is 9.84 Å². The predicted octanol–water partition coefficient (Wildman–Crippen LogP) is 2.40. The summed E-state index contributed by atoms with van der Waals surface area (Å²) < 4.78 is 4.86. The molecule has 0 atom stereocenters. The molecule has 0 aliphatic heterocycles. The lowest BCUT2D eigenvalue weighted by atomic mass is 10.1. The van der Waals surface area contributed by atoms with Crippen LogP contribution in [0.5, 0.6) is 0 Å². The summed E-state index contributed by atoms with van der Waals surface area (Å²) in [4.78, 5) is 23.7. The number of halogens is 1. The number of hydrogen-bond donors (Lipinski definition) is 1. The lowest BCUT2D eigenvalue weighted by molar-refractivity contribution is 0.102. The second-order valence-corrected chi connectivity index (χ2v) is 4.09. The van der Waals surface area contributed by atoms with Crippen LogP contribution in [0.25, 0.3) is 0 Å². The molecule has 0 aromatic heterocycles.